The summed E-state index contributed by atoms with van der Waals surface area (Å²) in [5, 5.41) is 6.86. The molecule has 3 amide bonds. The molecule has 3 N–H and O–H groups in total. The molecule has 1 saturated heterocycles. The largest absolute Gasteiger partial charge is 0.496 e. The van der Waals surface area contributed by atoms with Crippen LogP contribution in [0.3, 0.4) is 0 Å². The lowest BCUT2D eigenvalue weighted by atomic mass is 9.97. The molecule has 2 bridgehead atoms. The number of ether oxygens (including phenoxy) is 2. The number of aromatic amines is 1. The molecule has 43 heavy (non-hydrogen) atoms. The van der Waals surface area contributed by atoms with Crippen molar-refractivity contribution >= 4 is 34.7 Å². The average molecular weight is 588 g/mol. The number of hydrogen-bond donors (Lipinski definition) is 3. The number of hydrogen-bond acceptors (Lipinski definition) is 6. The van der Waals surface area contributed by atoms with Crippen molar-refractivity contribution in [3.63, 3.8) is 0 Å². The normalized spacial score (nSPS) is 22.7. The highest BCUT2D eigenvalue weighted by Gasteiger charge is 2.46. The van der Waals surface area contributed by atoms with Crippen LogP contribution in [0.5, 0.6) is 11.5 Å². The highest BCUT2D eigenvalue weighted by Crippen LogP contribution is 2.31. The summed E-state index contributed by atoms with van der Waals surface area (Å²) < 4.78 is 11.9. The van der Waals surface area contributed by atoms with Crippen LogP contribution in [0.25, 0.3) is 17.0 Å². The molecule has 2 aliphatic rings. The van der Waals surface area contributed by atoms with Crippen molar-refractivity contribution in [3.05, 3.63) is 66.0 Å². The summed E-state index contributed by atoms with van der Waals surface area (Å²) in [5.41, 5.74) is 2.75. The molecule has 2 aliphatic heterocycles. The lowest BCUT2D eigenvalue weighted by Gasteiger charge is -2.34. The number of aromatic nitrogens is 1. The van der Waals surface area contributed by atoms with E-state index in [9.17, 15) is 14.4 Å². The maximum Gasteiger partial charge on any atom is 0.247 e. The zero-order valence-electron chi connectivity index (χ0n) is 25.4. The molecule has 0 aliphatic carbocycles. The van der Waals surface area contributed by atoms with E-state index >= 15 is 0 Å². The van der Waals surface area contributed by atoms with Crippen LogP contribution in [-0.2, 0) is 20.8 Å². The molecule has 0 saturated carbocycles. The SMILES string of the molecule is CCC(C)C1NC(=O)C2C(CCN2C(=O)C(Cc2c[nH]c3ccccc23)N(C)C)Oc2ccc(OC)c(c2)/C=C/NC1=O. The average Bonchev–Trinajstić information content (AvgIpc) is 3.61. The Kier molecular flexibility index (Phi) is 9.05. The summed E-state index contributed by atoms with van der Waals surface area (Å²) >= 11 is 0. The highest BCUT2D eigenvalue weighted by atomic mass is 16.5. The van der Waals surface area contributed by atoms with Gasteiger partial charge < -0.3 is 30.0 Å². The number of benzene rings is 2. The van der Waals surface area contributed by atoms with Gasteiger partial charge in [0, 0.05) is 41.8 Å². The fourth-order valence-electron chi connectivity index (χ4n) is 5.97. The first-order valence-corrected chi connectivity index (χ1v) is 14.9. The van der Waals surface area contributed by atoms with Crippen molar-refractivity contribution in [3.8, 4) is 11.5 Å². The lowest BCUT2D eigenvalue weighted by molar-refractivity contribution is -0.144. The van der Waals surface area contributed by atoms with Crippen LogP contribution >= 0.6 is 0 Å². The molecule has 5 atom stereocenters. The van der Waals surface area contributed by atoms with Crippen molar-refractivity contribution in [1.82, 2.24) is 25.4 Å². The predicted molar refractivity (Wildman–Crippen MR) is 166 cm³/mol. The van der Waals surface area contributed by atoms with Gasteiger partial charge in [-0.3, -0.25) is 19.3 Å². The Morgan fingerprint density at radius 3 is 2.70 bits per heavy atom. The van der Waals surface area contributed by atoms with Gasteiger partial charge in [0.2, 0.25) is 17.7 Å². The fraction of sp³-hybridized carbons (Fsp3) is 0.424. The number of para-hydroxylation sites is 1. The number of H-pyrrole nitrogens is 1. The zero-order valence-corrected chi connectivity index (χ0v) is 25.4. The summed E-state index contributed by atoms with van der Waals surface area (Å²) in [5.74, 6) is 0.132. The first-order valence-electron chi connectivity index (χ1n) is 14.9. The van der Waals surface area contributed by atoms with Gasteiger partial charge in [0.1, 0.15) is 29.7 Å². The van der Waals surface area contributed by atoms with E-state index in [-0.39, 0.29) is 17.7 Å². The summed E-state index contributed by atoms with van der Waals surface area (Å²) in [6, 6.07) is 11.2. The monoisotopic (exact) mass is 587 g/mol. The number of nitrogens with zero attached hydrogens (tertiary/aromatic N) is 2. The Balaban J connectivity index is 1.50. The minimum absolute atomic E-state index is 0.139. The standard InChI is InChI=1S/C33H41N5O5/c1-6-20(2)29-31(39)34-15-13-21-17-23(11-12-27(21)42-5)43-28-14-16-38(30(28)32(40)36-29)33(41)26(37(3)4)18-22-19-35-25-10-8-7-9-24(22)25/h7-13,15,17,19-20,26,28-30,35H,6,14,16,18H2,1-5H3,(H,34,39)(H,36,40)/b15-13+. The van der Waals surface area contributed by atoms with Crippen molar-refractivity contribution in [2.24, 2.45) is 5.92 Å². The van der Waals surface area contributed by atoms with Gasteiger partial charge in [0.05, 0.1) is 13.2 Å². The van der Waals surface area contributed by atoms with Crippen LogP contribution in [0.15, 0.2) is 54.9 Å². The van der Waals surface area contributed by atoms with Crippen LogP contribution in [0.4, 0.5) is 0 Å². The maximum absolute atomic E-state index is 14.3. The van der Waals surface area contributed by atoms with Crippen LogP contribution < -0.4 is 20.1 Å². The maximum atomic E-state index is 14.3. The van der Waals surface area contributed by atoms with Gasteiger partial charge in [0.25, 0.3) is 0 Å². The molecule has 0 radical (unpaired) electrons. The molecular formula is C33H41N5O5. The molecule has 228 valence electrons. The second-order valence-electron chi connectivity index (χ2n) is 11.6. The third kappa shape index (κ3) is 6.24. The van der Waals surface area contributed by atoms with E-state index in [4.69, 9.17) is 9.47 Å². The van der Waals surface area contributed by atoms with Crippen molar-refractivity contribution < 1.29 is 23.9 Å². The first kappa shape index (κ1) is 30.2. The quantitative estimate of drug-likeness (QED) is 0.391. The van der Waals surface area contributed by atoms with Gasteiger partial charge >= 0.3 is 0 Å². The Bertz CT molecular complexity index is 1510. The van der Waals surface area contributed by atoms with Gasteiger partial charge in [-0.1, -0.05) is 38.5 Å². The van der Waals surface area contributed by atoms with Gasteiger partial charge in [-0.05, 0) is 62.3 Å². The van der Waals surface area contributed by atoms with Gasteiger partial charge in [0.15, 0.2) is 0 Å². The van der Waals surface area contributed by atoms with Crippen LogP contribution in [0, 0.1) is 5.92 Å². The predicted octanol–water partition coefficient (Wildman–Crippen LogP) is 3.33. The fourth-order valence-corrected chi connectivity index (χ4v) is 5.97. The number of likely N-dealkylation sites (tertiary alicyclic amines) is 1. The highest BCUT2D eigenvalue weighted by molar-refractivity contribution is 5.95. The Morgan fingerprint density at radius 2 is 1.95 bits per heavy atom. The molecule has 5 unspecified atom stereocenters. The van der Waals surface area contributed by atoms with E-state index in [1.165, 1.54) is 0 Å². The number of carbonyl (C=O) groups excluding carboxylic acids is 3. The molecule has 1 fully saturated rings. The molecule has 1 aromatic heterocycles. The van der Waals surface area contributed by atoms with Crippen LogP contribution in [0.1, 0.15) is 37.8 Å². The summed E-state index contributed by atoms with van der Waals surface area (Å²) in [7, 11) is 5.33. The number of likely N-dealkylation sites (N-methyl/N-ethyl adjacent to an activating group) is 1. The van der Waals surface area contributed by atoms with E-state index in [2.05, 4.69) is 15.6 Å². The number of nitrogens with one attached hydrogen (secondary N) is 3. The van der Waals surface area contributed by atoms with Crippen LogP contribution in [0.2, 0.25) is 0 Å². The van der Waals surface area contributed by atoms with Gasteiger partial charge in [-0.15, -0.1) is 0 Å². The summed E-state index contributed by atoms with van der Waals surface area (Å²) in [6.07, 6.45) is 6.24. The second kappa shape index (κ2) is 12.9. The lowest BCUT2D eigenvalue weighted by Crippen LogP contribution is -2.59. The summed E-state index contributed by atoms with van der Waals surface area (Å²) in [6.45, 7) is 4.25. The van der Waals surface area contributed by atoms with Crippen molar-refractivity contribution in [1.29, 1.82) is 0 Å². The molecule has 10 heteroatoms. The second-order valence-corrected chi connectivity index (χ2v) is 11.6. The third-order valence-electron chi connectivity index (χ3n) is 8.66. The smallest absolute Gasteiger partial charge is 0.247 e. The minimum atomic E-state index is -0.920. The zero-order chi connectivity index (χ0) is 30.7. The molecule has 3 aromatic rings. The van der Waals surface area contributed by atoms with E-state index in [0.717, 1.165) is 16.5 Å². The number of fused-ring (bicyclic) bond motifs is 4. The number of rotatable bonds is 7. The summed E-state index contributed by atoms with van der Waals surface area (Å²) in [4.78, 5) is 48.5. The Hall–Kier alpha value is -4.31. The van der Waals surface area contributed by atoms with E-state index in [1.54, 1.807) is 36.4 Å². The molecule has 2 aromatic carbocycles. The molecule has 5 rings (SSSR count). The topological polar surface area (TPSA) is 116 Å². The van der Waals surface area contributed by atoms with Gasteiger partial charge in [-0.2, -0.15) is 0 Å². The molecular weight excluding hydrogens is 546 g/mol. The Morgan fingerprint density at radius 1 is 1.16 bits per heavy atom. The van der Waals surface area contributed by atoms with E-state index in [0.29, 0.717) is 42.9 Å². The van der Waals surface area contributed by atoms with E-state index in [1.807, 2.05) is 69.4 Å². The Labute approximate surface area is 252 Å². The van der Waals surface area contributed by atoms with Crippen molar-refractivity contribution in [2.75, 3.05) is 27.7 Å². The number of amides is 3. The van der Waals surface area contributed by atoms with Crippen molar-refractivity contribution in [2.45, 2.75) is 57.3 Å². The number of methoxy groups -OCH3 is 1. The third-order valence-corrected chi connectivity index (χ3v) is 8.66. The molecule has 0 spiro atoms. The van der Waals surface area contributed by atoms with Crippen LogP contribution in [-0.4, -0.2) is 84.5 Å². The van der Waals surface area contributed by atoms with E-state index < -0.39 is 30.1 Å². The first-order chi connectivity index (χ1) is 20.7. The molecule has 10 nitrogen and oxygen atoms in total. The minimum Gasteiger partial charge on any atom is -0.496 e. The van der Waals surface area contributed by atoms with Gasteiger partial charge in [-0.25, -0.2) is 0 Å². The molecule has 3 heterocycles. The number of carbonyl (C=O) groups is 3.